The molecule has 124 valence electrons. The lowest BCUT2D eigenvalue weighted by atomic mass is 10.1. The van der Waals surface area contributed by atoms with Gasteiger partial charge in [0.15, 0.2) is 9.84 Å². The Morgan fingerprint density at radius 1 is 1.52 bits per heavy atom. The van der Waals surface area contributed by atoms with Gasteiger partial charge in [0.2, 0.25) is 5.91 Å². The van der Waals surface area contributed by atoms with E-state index in [2.05, 4.69) is 10.5 Å². The van der Waals surface area contributed by atoms with Crippen molar-refractivity contribution in [2.45, 2.75) is 12.8 Å². The second-order valence-electron chi connectivity index (χ2n) is 5.23. The molecule has 0 bridgehead atoms. The Morgan fingerprint density at radius 2 is 2.26 bits per heavy atom. The Kier molecular flexibility index (Phi) is 5.32. The third-order valence-electron chi connectivity index (χ3n) is 3.38. The van der Waals surface area contributed by atoms with Crippen molar-refractivity contribution in [2.24, 2.45) is 11.0 Å². The third kappa shape index (κ3) is 5.00. The van der Waals surface area contributed by atoms with Crippen molar-refractivity contribution >= 4 is 39.2 Å². The minimum absolute atomic E-state index is 0.0147. The molecule has 1 saturated heterocycles. The highest BCUT2D eigenvalue weighted by Gasteiger charge is 2.29. The minimum Gasteiger partial charge on any atom is -0.273 e. The Balaban J connectivity index is 1.92. The van der Waals surface area contributed by atoms with Gasteiger partial charge in [0, 0.05) is 29.1 Å². The maximum Gasteiger partial charge on any atom is 0.270 e. The number of rotatable bonds is 5. The van der Waals surface area contributed by atoms with E-state index in [0.29, 0.717) is 12.0 Å². The number of nitro benzene ring substituents is 1. The molecule has 0 aliphatic carbocycles. The highest BCUT2D eigenvalue weighted by atomic mass is 35.5. The molecule has 0 saturated carbocycles. The van der Waals surface area contributed by atoms with E-state index in [4.69, 9.17) is 11.6 Å². The van der Waals surface area contributed by atoms with Gasteiger partial charge in [-0.1, -0.05) is 11.6 Å². The predicted octanol–water partition coefficient (Wildman–Crippen LogP) is 1.52. The van der Waals surface area contributed by atoms with Crippen LogP contribution in [0.5, 0.6) is 0 Å². The number of carbonyl (C=O) groups is 1. The highest BCUT2D eigenvalue weighted by molar-refractivity contribution is 7.91. The molecule has 0 radical (unpaired) electrons. The van der Waals surface area contributed by atoms with Crippen molar-refractivity contribution in [3.63, 3.8) is 0 Å². The predicted molar refractivity (Wildman–Crippen MR) is 85.2 cm³/mol. The van der Waals surface area contributed by atoms with Gasteiger partial charge in [0.25, 0.3) is 5.69 Å². The van der Waals surface area contributed by atoms with E-state index >= 15 is 0 Å². The lowest BCUT2D eigenvalue weighted by molar-refractivity contribution is -0.384. The number of sulfone groups is 1. The van der Waals surface area contributed by atoms with Crippen LogP contribution in [0, 0.1) is 16.0 Å². The number of hydrogen-bond donors (Lipinski definition) is 1. The van der Waals surface area contributed by atoms with Crippen LogP contribution in [0.1, 0.15) is 18.4 Å². The second kappa shape index (κ2) is 7.05. The average Bonchev–Trinajstić information content (AvgIpc) is 2.79. The molecule has 23 heavy (non-hydrogen) atoms. The summed E-state index contributed by atoms with van der Waals surface area (Å²) in [6.45, 7) is 0. The van der Waals surface area contributed by atoms with Crippen LogP contribution in [0.15, 0.2) is 23.3 Å². The van der Waals surface area contributed by atoms with E-state index in [0.717, 1.165) is 0 Å². The number of amides is 1. The molecular formula is C13H14ClN3O5S. The standard InChI is InChI=1S/C13H14ClN3O5S/c14-12-2-1-11(17(19)20)6-10(12)7-15-16-13(18)5-9-3-4-23(21,22)8-9/h1-2,6-7,9H,3-5,8H2,(H,16,18)/b15-7-/t9-/m0/s1. The molecule has 0 spiro atoms. The maximum absolute atomic E-state index is 11.7. The summed E-state index contributed by atoms with van der Waals surface area (Å²) >= 11 is 5.89. The van der Waals surface area contributed by atoms with Crippen LogP contribution in [-0.2, 0) is 14.6 Å². The van der Waals surface area contributed by atoms with Crippen molar-refractivity contribution in [3.05, 3.63) is 38.9 Å². The number of hydrazone groups is 1. The summed E-state index contributed by atoms with van der Waals surface area (Å²) in [5.41, 5.74) is 2.42. The number of nitro groups is 1. The van der Waals surface area contributed by atoms with Crippen LogP contribution < -0.4 is 5.43 Å². The summed E-state index contributed by atoms with van der Waals surface area (Å²) < 4.78 is 22.6. The Labute approximate surface area is 137 Å². The lowest BCUT2D eigenvalue weighted by Crippen LogP contribution is -2.21. The molecule has 1 atom stereocenters. The number of hydrogen-bond acceptors (Lipinski definition) is 6. The topological polar surface area (TPSA) is 119 Å². The first-order valence-corrected chi connectivity index (χ1v) is 8.93. The first-order valence-electron chi connectivity index (χ1n) is 6.73. The Morgan fingerprint density at radius 3 is 2.87 bits per heavy atom. The zero-order valence-corrected chi connectivity index (χ0v) is 13.5. The number of non-ortho nitro benzene ring substituents is 1. The van der Waals surface area contributed by atoms with Crippen LogP contribution in [0.2, 0.25) is 5.02 Å². The molecule has 1 N–H and O–H groups in total. The van der Waals surface area contributed by atoms with Gasteiger partial charge < -0.3 is 0 Å². The largest absolute Gasteiger partial charge is 0.273 e. The molecule has 2 rings (SSSR count). The van der Waals surface area contributed by atoms with E-state index in [1.54, 1.807) is 0 Å². The zero-order chi connectivity index (χ0) is 17.0. The summed E-state index contributed by atoms with van der Waals surface area (Å²) in [7, 11) is -3.02. The molecule has 1 aliphatic rings. The van der Waals surface area contributed by atoms with Gasteiger partial charge in [0.1, 0.15) is 0 Å². The molecular weight excluding hydrogens is 346 g/mol. The normalized spacial score (nSPS) is 19.8. The first-order chi connectivity index (χ1) is 10.8. The number of nitrogens with one attached hydrogen (secondary N) is 1. The molecule has 1 heterocycles. The molecule has 0 aromatic heterocycles. The van der Waals surface area contributed by atoms with E-state index < -0.39 is 20.7 Å². The van der Waals surface area contributed by atoms with Gasteiger partial charge in [-0.3, -0.25) is 14.9 Å². The molecule has 8 nitrogen and oxygen atoms in total. The van der Waals surface area contributed by atoms with Crippen LogP contribution >= 0.6 is 11.6 Å². The SMILES string of the molecule is O=C(C[C@@H]1CCS(=O)(=O)C1)N/N=C\c1cc([N+](=O)[O-])ccc1Cl. The van der Waals surface area contributed by atoms with Gasteiger partial charge in [-0.15, -0.1) is 0 Å². The maximum atomic E-state index is 11.7. The van der Waals surface area contributed by atoms with Gasteiger partial charge in [0.05, 0.1) is 22.6 Å². The van der Waals surface area contributed by atoms with E-state index in [-0.39, 0.29) is 34.6 Å². The van der Waals surface area contributed by atoms with Crippen molar-refractivity contribution in [2.75, 3.05) is 11.5 Å². The molecule has 1 aromatic carbocycles. The van der Waals surface area contributed by atoms with Crippen molar-refractivity contribution in [3.8, 4) is 0 Å². The lowest BCUT2D eigenvalue weighted by Gasteiger charge is -2.05. The van der Waals surface area contributed by atoms with Gasteiger partial charge >= 0.3 is 0 Å². The minimum atomic E-state index is -3.02. The number of carbonyl (C=O) groups excluding carboxylic acids is 1. The average molecular weight is 360 g/mol. The third-order valence-corrected chi connectivity index (χ3v) is 5.57. The summed E-state index contributed by atoms with van der Waals surface area (Å²) in [5, 5.41) is 14.7. The van der Waals surface area contributed by atoms with Crippen LogP contribution in [0.4, 0.5) is 5.69 Å². The molecule has 10 heteroatoms. The summed E-state index contributed by atoms with van der Waals surface area (Å²) in [4.78, 5) is 21.8. The van der Waals surface area contributed by atoms with Crippen molar-refractivity contribution in [1.82, 2.24) is 5.43 Å². The van der Waals surface area contributed by atoms with Crippen molar-refractivity contribution in [1.29, 1.82) is 0 Å². The smallest absolute Gasteiger partial charge is 0.270 e. The van der Waals surface area contributed by atoms with E-state index in [1.165, 1.54) is 24.4 Å². The van der Waals surface area contributed by atoms with E-state index in [1.807, 2.05) is 0 Å². The van der Waals surface area contributed by atoms with Crippen LogP contribution in [-0.4, -0.2) is 37.0 Å². The molecule has 0 unspecified atom stereocenters. The van der Waals surface area contributed by atoms with Crippen LogP contribution in [0.25, 0.3) is 0 Å². The summed E-state index contributed by atoms with van der Waals surface area (Å²) in [5.74, 6) is -0.486. The van der Waals surface area contributed by atoms with Gasteiger partial charge in [-0.25, -0.2) is 13.8 Å². The highest BCUT2D eigenvalue weighted by Crippen LogP contribution is 2.22. The van der Waals surface area contributed by atoms with Crippen LogP contribution in [0.3, 0.4) is 0 Å². The zero-order valence-electron chi connectivity index (χ0n) is 11.9. The molecule has 1 aromatic rings. The molecule has 1 fully saturated rings. The van der Waals surface area contributed by atoms with Gasteiger partial charge in [-0.05, 0) is 18.4 Å². The first kappa shape index (κ1) is 17.4. The van der Waals surface area contributed by atoms with E-state index in [9.17, 15) is 23.3 Å². The summed E-state index contributed by atoms with van der Waals surface area (Å²) in [6, 6.07) is 3.87. The number of nitrogens with zero attached hydrogens (tertiary/aromatic N) is 2. The fourth-order valence-corrected chi connectivity index (χ4v) is 4.29. The monoisotopic (exact) mass is 359 g/mol. The second-order valence-corrected chi connectivity index (χ2v) is 7.87. The van der Waals surface area contributed by atoms with Gasteiger partial charge in [-0.2, -0.15) is 5.10 Å². The van der Waals surface area contributed by atoms with Crippen molar-refractivity contribution < 1.29 is 18.1 Å². The Hall–Kier alpha value is -2.00. The quantitative estimate of drug-likeness (QED) is 0.485. The fourth-order valence-electron chi connectivity index (χ4n) is 2.26. The molecule has 1 aliphatic heterocycles. The number of benzene rings is 1. The Bertz CT molecular complexity index is 763. The summed E-state index contributed by atoms with van der Waals surface area (Å²) in [6.07, 6.45) is 1.74. The molecule has 1 amide bonds. The fraction of sp³-hybridized carbons (Fsp3) is 0.385. The number of halogens is 1.